The van der Waals surface area contributed by atoms with E-state index >= 15 is 0 Å². The first kappa shape index (κ1) is 17.9. The third-order valence-corrected chi connectivity index (χ3v) is 5.68. The molecule has 4 rings (SSSR count). The van der Waals surface area contributed by atoms with E-state index in [-0.39, 0.29) is 21.7 Å². The Hall–Kier alpha value is -3.52. The van der Waals surface area contributed by atoms with Gasteiger partial charge in [0.15, 0.2) is 0 Å². The van der Waals surface area contributed by atoms with Gasteiger partial charge in [0.05, 0.1) is 11.1 Å². The van der Waals surface area contributed by atoms with Crippen molar-refractivity contribution in [2.24, 2.45) is 7.05 Å². The van der Waals surface area contributed by atoms with E-state index in [9.17, 15) is 13.2 Å². The quantitative estimate of drug-likeness (QED) is 0.576. The summed E-state index contributed by atoms with van der Waals surface area (Å²) in [6, 6.07) is 17.1. The molecule has 0 aliphatic rings. The third kappa shape index (κ3) is 3.14. The molecule has 2 heterocycles. The summed E-state index contributed by atoms with van der Waals surface area (Å²) < 4.78 is 29.4. The second kappa shape index (κ2) is 6.90. The summed E-state index contributed by atoms with van der Waals surface area (Å²) in [7, 11) is -2.22. The maximum Gasteiger partial charge on any atom is 0.263 e. The molecule has 0 atom stereocenters. The largest absolute Gasteiger partial charge is 0.295 e. The molecule has 2 aromatic heterocycles. The number of pyridine rings is 1. The number of benzene rings is 2. The number of sulfonamides is 1. The topological polar surface area (TPSA) is 93.9 Å². The molecule has 0 aliphatic heterocycles. The van der Waals surface area contributed by atoms with Gasteiger partial charge in [-0.3, -0.25) is 19.1 Å². The normalized spacial score (nSPS) is 11.5. The van der Waals surface area contributed by atoms with Crippen molar-refractivity contribution in [1.82, 2.24) is 14.5 Å². The highest BCUT2D eigenvalue weighted by Gasteiger charge is 2.18. The highest BCUT2D eigenvalue weighted by molar-refractivity contribution is 7.92. The van der Waals surface area contributed by atoms with Crippen LogP contribution in [0.5, 0.6) is 0 Å². The van der Waals surface area contributed by atoms with Gasteiger partial charge in [-0.25, -0.2) is 13.4 Å². The average molecular weight is 392 g/mol. The number of hydrogen-bond acceptors (Lipinski definition) is 5. The van der Waals surface area contributed by atoms with Gasteiger partial charge in [0.25, 0.3) is 15.6 Å². The van der Waals surface area contributed by atoms with Crippen LogP contribution >= 0.6 is 0 Å². The van der Waals surface area contributed by atoms with Gasteiger partial charge in [-0.15, -0.1) is 0 Å². The Labute approximate surface area is 161 Å². The monoisotopic (exact) mass is 392 g/mol. The maximum absolute atomic E-state index is 12.8. The predicted molar refractivity (Wildman–Crippen MR) is 107 cm³/mol. The van der Waals surface area contributed by atoms with Crippen LogP contribution < -0.4 is 10.3 Å². The lowest BCUT2D eigenvalue weighted by molar-refractivity contribution is 0.601. The predicted octanol–water partition coefficient (Wildman–Crippen LogP) is 2.80. The summed E-state index contributed by atoms with van der Waals surface area (Å²) >= 11 is 0. The standard InChI is InChI=1S/C20H16N4O3S/c1-24-19(14-7-3-2-4-8-14)22-18-16(20(24)25)10-5-11-17(18)23-28(26,27)15-9-6-12-21-13-15/h2-13,23H,1H3. The van der Waals surface area contributed by atoms with E-state index < -0.39 is 10.0 Å². The molecule has 0 radical (unpaired) electrons. The molecule has 0 bridgehead atoms. The molecule has 8 heteroatoms. The molecular formula is C20H16N4O3S. The van der Waals surface area contributed by atoms with Crippen molar-refractivity contribution in [3.63, 3.8) is 0 Å². The molecule has 0 saturated heterocycles. The summed E-state index contributed by atoms with van der Waals surface area (Å²) in [5.74, 6) is 0.450. The first-order valence-corrected chi connectivity index (χ1v) is 9.94. The van der Waals surface area contributed by atoms with Crippen molar-refractivity contribution in [3.05, 3.63) is 83.4 Å². The van der Waals surface area contributed by atoms with Crippen LogP contribution in [-0.2, 0) is 17.1 Å². The van der Waals surface area contributed by atoms with Crippen molar-refractivity contribution in [1.29, 1.82) is 0 Å². The number of fused-ring (bicyclic) bond motifs is 1. The van der Waals surface area contributed by atoms with E-state index in [4.69, 9.17) is 0 Å². The zero-order valence-corrected chi connectivity index (χ0v) is 15.7. The molecule has 0 spiro atoms. The summed E-state index contributed by atoms with van der Waals surface area (Å²) in [5, 5.41) is 0.327. The fourth-order valence-electron chi connectivity index (χ4n) is 2.93. The Morgan fingerprint density at radius 3 is 2.46 bits per heavy atom. The zero-order valence-electron chi connectivity index (χ0n) is 14.9. The molecule has 0 unspecified atom stereocenters. The second-order valence-corrected chi connectivity index (χ2v) is 7.84. The summed E-state index contributed by atoms with van der Waals surface area (Å²) in [6.07, 6.45) is 2.75. The number of para-hydroxylation sites is 1. The second-order valence-electron chi connectivity index (χ2n) is 6.16. The Morgan fingerprint density at radius 2 is 1.75 bits per heavy atom. The first-order valence-electron chi connectivity index (χ1n) is 8.45. The summed E-state index contributed by atoms with van der Waals surface area (Å²) in [5.41, 5.74) is 1.02. The molecule has 2 aromatic carbocycles. The molecule has 0 aliphatic carbocycles. The van der Waals surface area contributed by atoms with Gasteiger partial charge in [-0.1, -0.05) is 36.4 Å². The van der Waals surface area contributed by atoms with Crippen molar-refractivity contribution in [2.45, 2.75) is 4.90 Å². The van der Waals surface area contributed by atoms with Crippen LogP contribution in [-0.4, -0.2) is 23.0 Å². The minimum Gasteiger partial charge on any atom is -0.295 e. The number of nitrogens with zero attached hydrogens (tertiary/aromatic N) is 3. The van der Waals surface area contributed by atoms with Gasteiger partial charge in [0, 0.05) is 25.0 Å². The van der Waals surface area contributed by atoms with Gasteiger partial charge in [-0.05, 0) is 24.3 Å². The molecule has 4 aromatic rings. The van der Waals surface area contributed by atoms with Crippen LogP contribution in [0.1, 0.15) is 0 Å². The van der Waals surface area contributed by atoms with Gasteiger partial charge < -0.3 is 0 Å². The molecule has 0 amide bonds. The van der Waals surface area contributed by atoms with Gasteiger partial charge in [-0.2, -0.15) is 0 Å². The fraction of sp³-hybridized carbons (Fsp3) is 0.0500. The summed E-state index contributed by atoms with van der Waals surface area (Å²) in [4.78, 5) is 21.3. The Bertz CT molecular complexity index is 1320. The van der Waals surface area contributed by atoms with Crippen LogP contribution in [0.15, 0.2) is 82.7 Å². The highest BCUT2D eigenvalue weighted by Crippen LogP contribution is 2.25. The minimum absolute atomic E-state index is 0.0270. The molecule has 28 heavy (non-hydrogen) atoms. The maximum atomic E-state index is 12.8. The number of nitrogens with one attached hydrogen (secondary N) is 1. The van der Waals surface area contributed by atoms with Crippen molar-refractivity contribution in [3.8, 4) is 11.4 Å². The minimum atomic E-state index is -3.87. The zero-order chi connectivity index (χ0) is 19.7. The molecule has 1 N–H and O–H groups in total. The SMILES string of the molecule is Cn1c(-c2ccccc2)nc2c(NS(=O)(=O)c3cccnc3)cccc2c1=O. The Morgan fingerprint density at radius 1 is 0.964 bits per heavy atom. The average Bonchev–Trinajstić information content (AvgIpc) is 2.72. The van der Waals surface area contributed by atoms with Crippen LogP contribution in [0.25, 0.3) is 22.3 Å². The Balaban J connectivity index is 1.91. The molecule has 7 nitrogen and oxygen atoms in total. The van der Waals surface area contributed by atoms with E-state index in [1.807, 2.05) is 30.3 Å². The molecule has 140 valence electrons. The van der Waals surface area contributed by atoms with E-state index in [1.165, 1.54) is 23.0 Å². The van der Waals surface area contributed by atoms with E-state index in [0.29, 0.717) is 11.2 Å². The van der Waals surface area contributed by atoms with Crippen LogP contribution in [0.4, 0.5) is 5.69 Å². The van der Waals surface area contributed by atoms with Gasteiger partial charge in [0.2, 0.25) is 0 Å². The number of anilines is 1. The van der Waals surface area contributed by atoms with Crippen LogP contribution in [0.2, 0.25) is 0 Å². The van der Waals surface area contributed by atoms with E-state index in [1.54, 1.807) is 31.3 Å². The lowest BCUT2D eigenvalue weighted by atomic mass is 10.1. The lowest BCUT2D eigenvalue weighted by Crippen LogP contribution is -2.21. The summed E-state index contributed by atoms with van der Waals surface area (Å²) in [6.45, 7) is 0. The van der Waals surface area contributed by atoms with Crippen molar-refractivity contribution in [2.75, 3.05) is 4.72 Å². The molecule has 0 saturated carbocycles. The lowest BCUT2D eigenvalue weighted by Gasteiger charge is -2.13. The number of hydrogen-bond donors (Lipinski definition) is 1. The molecular weight excluding hydrogens is 376 g/mol. The molecule has 0 fully saturated rings. The number of rotatable bonds is 4. The fourth-order valence-corrected chi connectivity index (χ4v) is 3.96. The highest BCUT2D eigenvalue weighted by atomic mass is 32.2. The number of aromatic nitrogens is 3. The van der Waals surface area contributed by atoms with Crippen LogP contribution in [0.3, 0.4) is 0 Å². The smallest absolute Gasteiger partial charge is 0.263 e. The first-order chi connectivity index (χ1) is 13.5. The van der Waals surface area contributed by atoms with E-state index in [0.717, 1.165) is 5.56 Å². The van der Waals surface area contributed by atoms with Crippen molar-refractivity contribution >= 4 is 26.6 Å². The third-order valence-electron chi connectivity index (χ3n) is 4.33. The van der Waals surface area contributed by atoms with Crippen molar-refractivity contribution < 1.29 is 8.42 Å². The van der Waals surface area contributed by atoms with E-state index in [2.05, 4.69) is 14.7 Å². The van der Waals surface area contributed by atoms with Crippen LogP contribution in [0, 0.1) is 0 Å². The Kier molecular flexibility index (Phi) is 4.40. The van der Waals surface area contributed by atoms with Gasteiger partial charge >= 0.3 is 0 Å². The van der Waals surface area contributed by atoms with Gasteiger partial charge in [0.1, 0.15) is 16.2 Å².